The SMILES string of the molecule is CNC1CCOCC1c1nc(-c2cccc(C)n2)no1. The summed E-state index contributed by atoms with van der Waals surface area (Å²) < 4.78 is 10.9. The number of ether oxygens (including phenoxy) is 1. The van der Waals surface area contributed by atoms with E-state index < -0.39 is 0 Å². The summed E-state index contributed by atoms with van der Waals surface area (Å²) in [5.41, 5.74) is 1.67. The lowest BCUT2D eigenvalue weighted by Gasteiger charge is -2.28. The Labute approximate surface area is 117 Å². The Kier molecular flexibility index (Phi) is 3.75. The molecule has 3 heterocycles. The maximum absolute atomic E-state index is 5.52. The first-order valence-electron chi connectivity index (χ1n) is 6.80. The maximum atomic E-state index is 5.52. The van der Waals surface area contributed by atoms with Crippen LogP contribution in [-0.4, -0.2) is 41.4 Å². The normalized spacial score (nSPS) is 22.9. The van der Waals surface area contributed by atoms with Gasteiger partial charge in [-0.1, -0.05) is 11.2 Å². The number of rotatable bonds is 3. The van der Waals surface area contributed by atoms with Crippen LogP contribution in [0.5, 0.6) is 0 Å². The van der Waals surface area contributed by atoms with Crippen LogP contribution in [0.15, 0.2) is 22.7 Å². The van der Waals surface area contributed by atoms with E-state index in [0.29, 0.717) is 24.4 Å². The molecule has 1 aliphatic rings. The second kappa shape index (κ2) is 5.68. The number of nitrogens with zero attached hydrogens (tertiary/aromatic N) is 3. The molecule has 1 N–H and O–H groups in total. The predicted octanol–water partition coefficient (Wildman–Crippen LogP) is 1.53. The number of nitrogens with one attached hydrogen (secondary N) is 1. The summed E-state index contributed by atoms with van der Waals surface area (Å²) in [5, 5.41) is 7.33. The Morgan fingerprint density at radius 3 is 3.00 bits per heavy atom. The van der Waals surface area contributed by atoms with Gasteiger partial charge in [-0.25, -0.2) is 4.98 Å². The van der Waals surface area contributed by atoms with Crippen molar-refractivity contribution in [3.05, 3.63) is 29.8 Å². The van der Waals surface area contributed by atoms with Gasteiger partial charge in [-0.3, -0.25) is 0 Å². The molecular formula is C14H18N4O2. The van der Waals surface area contributed by atoms with Crippen LogP contribution >= 0.6 is 0 Å². The quantitative estimate of drug-likeness (QED) is 0.915. The molecule has 0 bridgehead atoms. The molecular weight excluding hydrogens is 256 g/mol. The van der Waals surface area contributed by atoms with Gasteiger partial charge in [0.15, 0.2) is 0 Å². The van der Waals surface area contributed by atoms with Crippen molar-refractivity contribution in [2.75, 3.05) is 20.3 Å². The van der Waals surface area contributed by atoms with Crippen LogP contribution in [0.25, 0.3) is 11.5 Å². The molecule has 0 aromatic carbocycles. The highest BCUT2D eigenvalue weighted by molar-refractivity contribution is 5.48. The van der Waals surface area contributed by atoms with Crippen molar-refractivity contribution in [2.45, 2.75) is 25.3 Å². The van der Waals surface area contributed by atoms with Crippen molar-refractivity contribution >= 4 is 0 Å². The first kappa shape index (κ1) is 13.2. The highest BCUT2D eigenvalue weighted by Crippen LogP contribution is 2.26. The average molecular weight is 274 g/mol. The maximum Gasteiger partial charge on any atom is 0.234 e. The van der Waals surface area contributed by atoms with Crippen molar-refractivity contribution in [2.24, 2.45) is 0 Å². The highest BCUT2D eigenvalue weighted by atomic mass is 16.5. The molecule has 0 saturated carbocycles. The lowest BCUT2D eigenvalue weighted by atomic mass is 9.96. The minimum atomic E-state index is 0.0970. The van der Waals surface area contributed by atoms with Crippen LogP contribution in [0, 0.1) is 6.92 Å². The lowest BCUT2D eigenvalue weighted by Crippen LogP contribution is -2.39. The van der Waals surface area contributed by atoms with Crippen LogP contribution in [0.2, 0.25) is 0 Å². The molecule has 3 rings (SSSR count). The fraction of sp³-hybridized carbons (Fsp3) is 0.500. The smallest absolute Gasteiger partial charge is 0.234 e. The molecule has 2 unspecified atom stereocenters. The van der Waals surface area contributed by atoms with Gasteiger partial charge in [0.25, 0.3) is 0 Å². The summed E-state index contributed by atoms with van der Waals surface area (Å²) in [6.45, 7) is 3.31. The van der Waals surface area contributed by atoms with Crippen molar-refractivity contribution in [3.63, 3.8) is 0 Å². The van der Waals surface area contributed by atoms with E-state index in [-0.39, 0.29) is 5.92 Å². The molecule has 0 aliphatic carbocycles. The summed E-state index contributed by atoms with van der Waals surface area (Å²) in [6, 6.07) is 6.07. The molecule has 1 aliphatic heterocycles. The van der Waals surface area contributed by atoms with Gasteiger partial charge >= 0.3 is 0 Å². The first-order valence-corrected chi connectivity index (χ1v) is 6.80. The number of hydrogen-bond acceptors (Lipinski definition) is 6. The minimum Gasteiger partial charge on any atom is -0.381 e. The van der Waals surface area contributed by atoms with Crippen LogP contribution in [0.3, 0.4) is 0 Å². The third kappa shape index (κ3) is 2.57. The zero-order valence-corrected chi connectivity index (χ0v) is 11.7. The molecule has 0 amide bonds. The molecule has 6 nitrogen and oxygen atoms in total. The van der Waals surface area contributed by atoms with Crippen LogP contribution in [-0.2, 0) is 4.74 Å². The average Bonchev–Trinajstić information content (AvgIpc) is 2.97. The summed E-state index contributed by atoms with van der Waals surface area (Å²) in [7, 11) is 1.95. The summed E-state index contributed by atoms with van der Waals surface area (Å²) in [6.07, 6.45) is 0.946. The number of hydrogen-bond donors (Lipinski definition) is 1. The van der Waals surface area contributed by atoms with Crippen LogP contribution in [0.1, 0.15) is 23.9 Å². The molecule has 2 aromatic rings. The molecule has 6 heteroatoms. The number of aryl methyl sites for hydroxylation is 1. The summed E-state index contributed by atoms with van der Waals surface area (Å²) in [5.74, 6) is 1.24. The van der Waals surface area contributed by atoms with Gasteiger partial charge in [0, 0.05) is 18.3 Å². The zero-order valence-electron chi connectivity index (χ0n) is 11.7. The van der Waals surface area contributed by atoms with E-state index in [0.717, 1.165) is 24.4 Å². The number of likely N-dealkylation sites (N-methyl/N-ethyl adjacent to an activating group) is 1. The Morgan fingerprint density at radius 2 is 2.20 bits per heavy atom. The van der Waals surface area contributed by atoms with E-state index in [2.05, 4.69) is 20.4 Å². The monoisotopic (exact) mass is 274 g/mol. The standard InChI is InChI=1S/C14H18N4O2/c1-9-4-3-5-12(16-9)13-17-14(20-18-13)10-8-19-7-6-11(10)15-2/h3-5,10-11,15H,6-8H2,1-2H3. The molecule has 1 saturated heterocycles. The van der Waals surface area contributed by atoms with Crippen LogP contribution in [0.4, 0.5) is 0 Å². The second-order valence-corrected chi connectivity index (χ2v) is 4.99. The molecule has 1 fully saturated rings. The van der Waals surface area contributed by atoms with Crippen molar-refractivity contribution in [1.29, 1.82) is 0 Å². The first-order chi connectivity index (χ1) is 9.78. The van der Waals surface area contributed by atoms with E-state index >= 15 is 0 Å². The van der Waals surface area contributed by atoms with E-state index in [4.69, 9.17) is 9.26 Å². The topological polar surface area (TPSA) is 73.1 Å². The third-order valence-corrected chi connectivity index (χ3v) is 3.60. The molecule has 2 atom stereocenters. The lowest BCUT2D eigenvalue weighted by molar-refractivity contribution is 0.0516. The number of aromatic nitrogens is 3. The Balaban J connectivity index is 1.86. The molecule has 20 heavy (non-hydrogen) atoms. The van der Waals surface area contributed by atoms with Gasteiger partial charge in [-0.05, 0) is 32.5 Å². The van der Waals surface area contributed by atoms with Crippen molar-refractivity contribution in [3.8, 4) is 11.5 Å². The second-order valence-electron chi connectivity index (χ2n) is 4.99. The van der Waals surface area contributed by atoms with Gasteiger partial charge in [0.05, 0.1) is 12.5 Å². The fourth-order valence-corrected chi connectivity index (χ4v) is 2.48. The summed E-state index contributed by atoms with van der Waals surface area (Å²) in [4.78, 5) is 8.89. The van der Waals surface area contributed by atoms with E-state index in [1.807, 2.05) is 32.2 Å². The van der Waals surface area contributed by atoms with E-state index in [1.54, 1.807) is 0 Å². The van der Waals surface area contributed by atoms with E-state index in [9.17, 15) is 0 Å². The summed E-state index contributed by atoms with van der Waals surface area (Å²) >= 11 is 0. The Morgan fingerprint density at radius 1 is 1.30 bits per heavy atom. The Bertz CT molecular complexity index is 584. The van der Waals surface area contributed by atoms with Crippen molar-refractivity contribution in [1.82, 2.24) is 20.4 Å². The molecule has 2 aromatic heterocycles. The fourth-order valence-electron chi connectivity index (χ4n) is 2.48. The molecule has 0 spiro atoms. The highest BCUT2D eigenvalue weighted by Gasteiger charge is 2.30. The predicted molar refractivity (Wildman–Crippen MR) is 73.3 cm³/mol. The van der Waals surface area contributed by atoms with E-state index in [1.165, 1.54) is 0 Å². The molecule has 106 valence electrons. The number of pyridine rings is 1. The third-order valence-electron chi connectivity index (χ3n) is 3.60. The largest absolute Gasteiger partial charge is 0.381 e. The van der Waals surface area contributed by atoms with Gasteiger partial charge in [-0.2, -0.15) is 4.98 Å². The van der Waals surface area contributed by atoms with Gasteiger partial charge in [-0.15, -0.1) is 0 Å². The van der Waals surface area contributed by atoms with Gasteiger partial charge in [0.2, 0.25) is 11.7 Å². The zero-order chi connectivity index (χ0) is 13.9. The molecule has 0 radical (unpaired) electrons. The minimum absolute atomic E-state index is 0.0970. The van der Waals surface area contributed by atoms with Gasteiger partial charge < -0.3 is 14.6 Å². The van der Waals surface area contributed by atoms with Gasteiger partial charge in [0.1, 0.15) is 5.69 Å². The van der Waals surface area contributed by atoms with Crippen molar-refractivity contribution < 1.29 is 9.26 Å². The van der Waals surface area contributed by atoms with Crippen LogP contribution < -0.4 is 5.32 Å². The Hall–Kier alpha value is -1.79.